The number of aromatic nitrogens is 1. The van der Waals surface area contributed by atoms with Crippen LogP contribution in [0.5, 0.6) is 0 Å². The lowest BCUT2D eigenvalue weighted by molar-refractivity contribution is 0.0957. The molecule has 3 aromatic rings. The van der Waals surface area contributed by atoms with Crippen LogP contribution in [-0.4, -0.2) is 25.9 Å². The Bertz CT molecular complexity index is 1260. The molecule has 2 N–H and O–H groups in total. The van der Waals surface area contributed by atoms with Crippen molar-refractivity contribution < 1.29 is 13.2 Å². The second-order valence-electron chi connectivity index (χ2n) is 7.75. The van der Waals surface area contributed by atoms with Crippen molar-refractivity contribution in [1.82, 2.24) is 10.3 Å². The van der Waals surface area contributed by atoms with E-state index in [1.165, 1.54) is 23.5 Å². The lowest BCUT2D eigenvalue weighted by Gasteiger charge is -2.17. The normalized spacial score (nSPS) is 13.1. The highest BCUT2D eigenvalue weighted by Gasteiger charge is 2.18. The van der Waals surface area contributed by atoms with Gasteiger partial charge in [-0.1, -0.05) is 23.9 Å². The lowest BCUT2D eigenvalue weighted by Crippen LogP contribution is -2.23. The molecule has 0 atom stereocenters. The van der Waals surface area contributed by atoms with Gasteiger partial charge in [0.1, 0.15) is 5.03 Å². The fourth-order valence-electron chi connectivity index (χ4n) is 3.64. The number of anilines is 1. The van der Waals surface area contributed by atoms with Gasteiger partial charge < -0.3 is 5.32 Å². The summed E-state index contributed by atoms with van der Waals surface area (Å²) in [5.74, 6) is -0.200. The Balaban J connectivity index is 1.40. The summed E-state index contributed by atoms with van der Waals surface area (Å²) in [4.78, 5) is 17.5. The second-order valence-corrected chi connectivity index (χ2v) is 10.5. The number of amides is 1. The van der Waals surface area contributed by atoms with Crippen LogP contribution in [0.15, 0.2) is 88.3 Å². The summed E-state index contributed by atoms with van der Waals surface area (Å²) in [5.41, 5.74) is 3.36. The van der Waals surface area contributed by atoms with Crippen LogP contribution in [-0.2, 0) is 22.9 Å². The molecule has 0 saturated carbocycles. The number of fused-ring (bicyclic) bond motifs is 1. The van der Waals surface area contributed by atoms with E-state index < -0.39 is 10.0 Å². The van der Waals surface area contributed by atoms with Crippen molar-refractivity contribution >= 4 is 33.4 Å². The van der Waals surface area contributed by atoms with Crippen molar-refractivity contribution in [2.45, 2.75) is 40.5 Å². The Hall–Kier alpha value is -3.10. The van der Waals surface area contributed by atoms with Crippen molar-refractivity contribution in [3.05, 3.63) is 90.1 Å². The van der Waals surface area contributed by atoms with Crippen LogP contribution in [0.3, 0.4) is 0 Å². The Morgan fingerprint density at radius 1 is 1.03 bits per heavy atom. The maximum atomic E-state index is 12.9. The van der Waals surface area contributed by atoms with Gasteiger partial charge >= 0.3 is 0 Å². The fraction of sp³-hybridized carbons (Fsp3) is 0.200. The van der Waals surface area contributed by atoms with E-state index in [1.807, 2.05) is 18.2 Å². The number of carbonyl (C=O) groups is 1. The monoisotopic (exact) mass is 479 g/mol. The number of aryl methyl sites for hydroxylation is 2. The van der Waals surface area contributed by atoms with E-state index in [0.717, 1.165) is 41.2 Å². The summed E-state index contributed by atoms with van der Waals surface area (Å²) in [6.07, 6.45) is 7.35. The first-order valence-corrected chi connectivity index (χ1v) is 13.0. The van der Waals surface area contributed by atoms with Crippen molar-refractivity contribution in [2.75, 3.05) is 11.3 Å². The van der Waals surface area contributed by atoms with Gasteiger partial charge in [-0.25, -0.2) is 13.4 Å². The number of rotatable bonds is 8. The maximum absolute atomic E-state index is 12.9. The smallest absolute Gasteiger partial charge is 0.261 e. The third kappa shape index (κ3) is 5.83. The maximum Gasteiger partial charge on any atom is 0.261 e. The van der Waals surface area contributed by atoms with Crippen LogP contribution in [0.1, 0.15) is 34.3 Å². The zero-order chi connectivity index (χ0) is 23.3. The van der Waals surface area contributed by atoms with Gasteiger partial charge in [-0.3, -0.25) is 9.52 Å². The highest BCUT2D eigenvalue weighted by molar-refractivity contribution is 7.99. The topological polar surface area (TPSA) is 88.2 Å². The lowest BCUT2D eigenvalue weighted by atomic mass is 9.92. The van der Waals surface area contributed by atoms with E-state index in [9.17, 15) is 13.2 Å². The van der Waals surface area contributed by atoms with Gasteiger partial charge in [-0.05, 0) is 85.3 Å². The summed E-state index contributed by atoms with van der Waals surface area (Å²) in [7, 11) is -3.65. The molecule has 170 valence electrons. The Kier molecular flexibility index (Phi) is 7.15. The number of nitrogens with zero attached hydrogens (tertiary/aromatic N) is 1. The number of benzene rings is 2. The molecule has 2 aromatic carbocycles. The van der Waals surface area contributed by atoms with Gasteiger partial charge in [0.05, 0.1) is 10.5 Å². The first kappa shape index (κ1) is 23.1. The van der Waals surface area contributed by atoms with E-state index in [2.05, 4.69) is 21.6 Å². The average molecular weight is 480 g/mol. The molecule has 1 aromatic heterocycles. The Labute approximate surface area is 198 Å². The van der Waals surface area contributed by atoms with E-state index in [1.54, 1.807) is 42.5 Å². The minimum Gasteiger partial charge on any atom is -0.349 e. The summed E-state index contributed by atoms with van der Waals surface area (Å²) >= 11 is 1.43. The molecule has 8 heteroatoms. The van der Waals surface area contributed by atoms with E-state index in [0.29, 0.717) is 22.7 Å². The predicted octanol–water partition coefficient (Wildman–Crippen LogP) is 4.83. The van der Waals surface area contributed by atoms with E-state index >= 15 is 0 Å². The molecular formula is C25H25N3O3S2. The number of hydrogen-bond donors (Lipinski definition) is 2. The van der Waals surface area contributed by atoms with E-state index in [4.69, 9.17) is 0 Å². The summed E-state index contributed by atoms with van der Waals surface area (Å²) in [6, 6.07) is 16.0. The molecule has 0 bridgehead atoms. The Morgan fingerprint density at radius 2 is 1.79 bits per heavy atom. The molecule has 0 unspecified atom stereocenters. The van der Waals surface area contributed by atoms with Gasteiger partial charge in [0.2, 0.25) is 0 Å². The van der Waals surface area contributed by atoms with Crippen LogP contribution >= 0.6 is 11.8 Å². The first-order chi connectivity index (χ1) is 15.9. The number of sulfonamides is 1. The summed E-state index contributed by atoms with van der Waals surface area (Å²) in [5, 5.41) is 3.44. The van der Waals surface area contributed by atoms with Crippen molar-refractivity contribution in [2.24, 2.45) is 0 Å². The molecule has 0 radical (unpaired) electrons. The highest BCUT2D eigenvalue weighted by Crippen LogP contribution is 2.29. The number of carbonyl (C=O) groups excluding carboxylic acids is 1. The molecule has 4 rings (SSSR count). The molecule has 1 aliphatic rings. The molecule has 0 saturated heterocycles. The van der Waals surface area contributed by atoms with Crippen molar-refractivity contribution in [3.63, 3.8) is 0 Å². The van der Waals surface area contributed by atoms with Crippen LogP contribution in [0, 0.1) is 0 Å². The number of pyridine rings is 1. The minimum atomic E-state index is -3.65. The standard InChI is InChI=1S/C25H25N3O3S2/c1-2-15-26-25(29)20-8-14-24(27-17-20)32-22-11-9-21(10-12-22)28-33(30,31)23-13-7-18-5-3-4-6-19(18)16-23/h2,7-14,16-17,28H,1,3-6,15H2,(H,26,29). The number of hydrogen-bond acceptors (Lipinski definition) is 5. The zero-order valence-corrected chi connectivity index (χ0v) is 19.7. The summed E-state index contributed by atoms with van der Waals surface area (Å²) in [6.45, 7) is 3.97. The molecular weight excluding hydrogens is 454 g/mol. The molecule has 0 aliphatic heterocycles. The quantitative estimate of drug-likeness (QED) is 0.452. The van der Waals surface area contributed by atoms with Crippen LogP contribution < -0.4 is 10.0 Å². The molecule has 1 aliphatic carbocycles. The predicted molar refractivity (Wildman–Crippen MR) is 131 cm³/mol. The molecule has 33 heavy (non-hydrogen) atoms. The van der Waals surface area contributed by atoms with Crippen molar-refractivity contribution in [1.29, 1.82) is 0 Å². The Morgan fingerprint density at radius 3 is 2.48 bits per heavy atom. The molecule has 6 nitrogen and oxygen atoms in total. The van der Waals surface area contributed by atoms with Crippen molar-refractivity contribution in [3.8, 4) is 0 Å². The van der Waals surface area contributed by atoms with Crippen LogP contribution in [0.4, 0.5) is 5.69 Å². The van der Waals surface area contributed by atoms with Gasteiger partial charge in [0.15, 0.2) is 0 Å². The second kappa shape index (κ2) is 10.2. The first-order valence-electron chi connectivity index (χ1n) is 10.7. The van der Waals surface area contributed by atoms with Crippen LogP contribution in [0.2, 0.25) is 0 Å². The SMILES string of the molecule is C=CCNC(=O)c1ccc(Sc2ccc(NS(=O)(=O)c3ccc4c(c3)CCCC4)cc2)nc1. The van der Waals surface area contributed by atoms with E-state index in [-0.39, 0.29) is 5.91 Å². The minimum absolute atomic E-state index is 0.200. The largest absolute Gasteiger partial charge is 0.349 e. The molecule has 1 heterocycles. The highest BCUT2D eigenvalue weighted by atomic mass is 32.2. The van der Waals surface area contributed by atoms with Gasteiger partial charge in [-0.15, -0.1) is 6.58 Å². The third-order valence-electron chi connectivity index (χ3n) is 5.36. The zero-order valence-electron chi connectivity index (χ0n) is 18.1. The average Bonchev–Trinajstić information content (AvgIpc) is 2.83. The summed E-state index contributed by atoms with van der Waals surface area (Å²) < 4.78 is 28.4. The number of nitrogens with one attached hydrogen (secondary N) is 2. The molecule has 0 fully saturated rings. The van der Waals surface area contributed by atoms with Gasteiger partial charge in [0.25, 0.3) is 15.9 Å². The van der Waals surface area contributed by atoms with Gasteiger partial charge in [-0.2, -0.15) is 0 Å². The molecule has 1 amide bonds. The third-order valence-corrected chi connectivity index (χ3v) is 7.70. The van der Waals surface area contributed by atoms with Gasteiger partial charge in [0, 0.05) is 23.3 Å². The van der Waals surface area contributed by atoms with Crippen LogP contribution in [0.25, 0.3) is 0 Å². The molecule has 0 spiro atoms. The fourth-order valence-corrected chi connectivity index (χ4v) is 5.51.